The third-order valence-electron chi connectivity index (χ3n) is 4.59. The molecule has 1 aliphatic heterocycles. The van der Waals surface area contributed by atoms with Gasteiger partial charge in [-0.2, -0.15) is 0 Å². The summed E-state index contributed by atoms with van der Waals surface area (Å²) in [5, 5.41) is 0. The van der Waals surface area contributed by atoms with Crippen molar-refractivity contribution in [3.63, 3.8) is 0 Å². The van der Waals surface area contributed by atoms with Gasteiger partial charge >= 0.3 is 11.9 Å². The molecule has 3 nitrogen and oxygen atoms in total. The van der Waals surface area contributed by atoms with Gasteiger partial charge in [-0.05, 0) is 31.1 Å². The number of esters is 2. The number of hydrogen-bond donors (Lipinski definition) is 0. The number of carbonyl (C=O) groups excluding carboxylic acids is 2. The lowest BCUT2D eigenvalue weighted by molar-refractivity contribution is -0.203. The third kappa shape index (κ3) is 1.18. The molecule has 0 N–H and O–H groups in total. The molecule has 3 fully saturated rings. The number of hydrogen-bond acceptors (Lipinski definition) is 3. The lowest BCUT2D eigenvalue weighted by atomic mass is 9.60. The topological polar surface area (TPSA) is 43.4 Å². The summed E-state index contributed by atoms with van der Waals surface area (Å²) in [5.41, 5.74) is -0.696. The van der Waals surface area contributed by atoms with Gasteiger partial charge in [0.2, 0.25) is 0 Å². The van der Waals surface area contributed by atoms with Crippen LogP contribution in [0.1, 0.15) is 44.9 Å². The van der Waals surface area contributed by atoms with Crippen LogP contribution in [-0.2, 0) is 14.3 Å². The van der Waals surface area contributed by atoms with Crippen LogP contribution in [0.25, 0.3) is 0 Å². The SMILES string of the molecule is O=C1OC(=O)C12CCC1CCCCC1C2. The van der Waals surface area contributed by atoms with Gasteiger partial charge in [-0.15, -0.1) is 0 Å². The first-order chi connectivity index (χ1) is 7.22. The van der Waals surface area contributed by atoms with Gasteiger partial charge in [0.15, 0.2) is 5.41 Å². The van der Waals surface area contributed by atoms with Crippen molar-refractivity contribution in [3.05, 3.63) is 0 Å². The Balaban J connectivity index is 1.80. The molecule has 82 valence electrons. The Hall–Kier alpha value is -0.860. The molecule has 3 aliphatic rings. The molecule has 0 amide bonds. The van der Waals surface area contributed by atoms with Gasteiger partial charge < -0.3 is 4.74 Å². The highest BCUT2D eigenvalue weighted by Gasteiger charge is 2.61. The van der Waals surface area contributed by atoms with E-state index in [1.165, 1.54) is 25.7 Å². The van der Waals surface area contributed by atoms with Crippen LogP contribution >= 0.6 is 0 Å². The second kappa shape index (κ2) is 3.06. The average Bonchev–Trinajstić information content (AvgIpc) is 2.29. The van der Waals surface area contributed by atoms with E-state index in [9.17, 15) is 9.59 Å². The second-order valence-electron chi connectivity index (χ2n) is 5.31. The summed E-state index contributed by atoms with van der Waals surface area (Å²) in [4.78, 5) is 22.9. The first-order valence-electron chi connectivity index (χ1n) is 5.99. The highest BCUT2D eigenvalue weighted by atomic mass is 16.6. The summed E-state index contributed by atoms with van der Waals surface area (Å²) in [6, 6.07) is 0. The lowest BCUT2D eigenvalue weighted by Crippen LogP contribution is -2.56. The molecule has 15 heavy (non-hydrogen) atoms. The van der Waals surface area contributed by atoms with Crippen molar-refractivity contribution in [2.75, 3.05) is 0 Å². The van der Waals surface area contributed by atoms with Crippen LogP contribution in [0, 0.1) is 17.3 Å². The van der Waals surface area contributed by atoms with E-state index in [-0.39, 0.29) is 11.9 Å². The maximum Gasteiger partial charge on any atom is 0.331 e. The minimum absolute atomic E-state index is 0.253. The Labute approximate surface area is 89.2 Å². The first kappa shape index (κ1) is 9.37. The molecule has 3 heteroatoms. The van der Waals surface area contributed by atoms with Crippen LogP contribution in [-0.4, -0.2) is 11.9 Å². The molecule has 0 aromatic heterocycles. The standard InChI is InChI=1S/C12H16O3/c13-10-12(11(14)15-10)6-5-8-3-1-2-4-9(8)7-12/h8-9H,1-7H2. The molecular weight excluding hydrogens is 192 g/mol. The summed E-state index contributed by atoms with van der Waals surface area (Å²) in [6.45, 7) is 0. The van der Waals surface area contributed by atoms with E-state index in [1.807, 2.05) is 0 Å². The zero-order valence-corrected chi connectivity index (χ0v) is 8.83. The Morgan fingerprint density at radius 1 is 1.00 bits per heavy atom. The molecule has 1 saturated heterocycles. The van der Waals surface area contributed by atoms with E-state index in [2.05, 4.69) is 4.74 Å². The first-order valence-corrected chi connectivity index (χ1v) is 5.99. The zero-order valence-electron chi connectivity index (χ0n) is 8.83. The molecule has 2 atom stereocenters. The van der Waals surface area contributed by atoms with Gasteiger partial charge in [0.1, 0.15) is 0 Å². The van der Waals surface area contributed by atoms with Gasteiger partial charge in [0.05, 0.1) is 0 Å². The van der Waals surface area contributed by atoms with Gasteiger partial charge in [0.25, 0.3) is 0 Å². The van der Waals surface area contributed by atoms with Crippen molar-refractivity contribution in [2.45, 2.75) is 44.9 Å². The fraction of sp³-hybridized carbons (Fsp3) is 0.833. The second-order valence-corrected chi connectivity index (χ2v) is 5.31. The van der Waals surface area contributed by atoms with Crippen LogP contribution in [0.2, 0.25) is 0 Å². The third-order valence-corrected chi connectivity index (χ3v) is 4.59. The summed E-state index contributed by atoms with van der Waals surface area (Å²) in [5.74, 6) is 0.864. The van der Waals surface area contributed by atoms with Crippen molar-refractivity contribution in [1.29, 1.82) is 0 Å². The van der Waals surface area contributed by atoms with Crippen molar-refractivity contribution in [3.8, 4) is 0 Å². The Bertz CT molecular complexity index is 307. The van der Waals surface area contributed by atoms with Gasteiger partial charge in [-0.25, -0.2) is 0 Å². The molecule has 0 radical (unpaired) electrons. The average molecular weight is 208 g/mol. The molecule has 2 aliphatic carbocycles. The van der Waals surface area contributed by atoms with Crippen molar-refractivity contribution < 1.29 is 14.3 Å². The number of ether oxygens (including phenoxy) is 1. The molecule has 0 aromatic rings. The van der Waals surface area contributed by atoms with E-state index in [0.29, 0.717) is 5.92 Å². The molecule has 2 unspecified atom stereocenters. The summed E-state index contributed by atoms with van der Waals surface area (Å²) in [6.07, 6.45) is 7.65. The van der Waals surface area contributed by atoms with Crippen LogP contribution in [0.5, 0.6) is 0 Å². The number of rotatable bonds is 0. The Morgan fingerprint density at radius 3 is 2.33 bits per heavy atom. The summed E-state index contributed by atoms with van der Waals surface area (Å²) in [7, 11) is 0. The van der Waals surface area contributed by atoms with E-state index in [0.717, 1.165) is 25.2 Å². The van der Waals surface area contributed by atoms with Crippen LogP contribution in [0.4, 0.5) is 0 Å². The molecule has 1 heterocycles. The Kier molecular flexibility index (Phi) is 1.91. The molecule has 0 bridgehead atoms. The lowest BCUT2D eigenvalue weighted by Gasteiger charge is -2.46. The smallest absolute Gasteiger partial charge is 0.331 e. The molecule has 2 saturated carbocycles. The molecule has 3 rings (SSSR count). The highest BCUT2D eigenvalue weighted by Crippen LogP contribution is 2.52. The molecule has 1 spiro atoms. The van der Waals surface area contributed by atoms with Crippen molar-refractivity contribution in [1.82, 2.24) is 0 Å². The highest BCUT2D eigenvalue weighted by molar-refractivity contribution is 6.13. The monoisotopic (exact) mass is 208 g/mol. The minimum Gasteiger partial charge on any atom is -0.391 e. The predicted octanol–water partition coefficient (Wildman–Crippen LogP) is 2.05. The Morgan fingerprint density at radius 2 is 1.67 bits per heavy atom. The maximum absolute atomic E-state index is 11.4. The maximum atomic E-state index is 11.4. The summed E-state index contributed by atoms with van der Waals surface area (Å²) < 4.78 is 4.53. The van der Waals surface area contributed by atoms with Crippen LogP contribution in [0.15, 0.2) is 0 Å². The van der Waals surface area contributed by atoms with E-state index in [1.54, 1.807) is 0 Å². The number of fused-ring (bicyclic) bond motifs is 1. The van der Waals surface area contributed by atoms with Crippen molar-refractivity contribution >= 4 is 11.9 Å². The zero-order chi connectivity index (χ0) is 10.5. The number of carbonyl (C=O) groups is 2. The summed E-state index contributed by atoms with van der Waals surface area (Å²) >= 11 is 0. The van der Waals surface area contributed by atoms with E-state index < -0.39 is 5.41 Å². The van der Waals surface area contributed by atoms with E-state index in [4.69, 9.17) is 0 Å². The predicted molar refractivity (Wildman–Crippen MR) is 52.8 cm³/mol. The quantitative estimate of drug-likeness (QED) is 0.452. The fourth-order valence-electron chi connectivity index (χ4n) is 3.60. The number of cyclic esters (lactones) is 2. The fourth-order valence-corrected chi connectivity index (χ4v) is 3.60. The molecular formula is C12H16O3. The van der Waals surface area contributed by atoms with Gasteiger partial charge in [0, 0.05) is 0 Å². The largest absolute Gasteiger partial charge is 0.391 e. The normalized spacial score (nSPS) is 38.1. The van der Waals surface area contributed by atoms with Crippen LogP contribution in [0.3, 0.4) is 0 Å². The van der Waals surface area contributed by atoms with Crippen LogP contribution < -0.4 is 0 Å². The molecule has 0 aromatic carbocycles. The van der Waals surface area contributed by atoms with Crippen molar-refractivity contribution in [2.24, 2.45) is 17.3 Å². The van der Waals surface area contributed by atoms with E-state index >= 15 is 0 Å². The minimum atomic E-state index is -0.696. The van der Waals surface area contributed by atoms with Gasteiger partial charge in [-0.1, -0.05) is 25.7 Å². The van der Waals surface area contributed by atoms with Gasteiger partial charge in [-0.3, -0.25) is 9.59 Å².